The Labute approximate surface area is 281 Å². The monoisotopic (exact) mass is 700 g/mol. The van der Waals surface area contributed by atoms with Crippen molar-refractivity contribution in [2.45, 2.75) is 149 Å². The predicted octanol–water partition coefficient (Wildman–Crippen LogP) is 7.89. The molecule has 1 saturated heterocycles. The Bertz CT molecular complexity index is 1140. The van der Waals surface area contributed by atoms with Crippen LogP contribution in [0.2, 0.25) is 43.8 Å². The van der Waals surface area contributed by atoms with Crippen molar-refractivity contribution in [2.24, 2.45) is 0 Å². The maximum absolute atomic E-state index is 12.7. The number of ether oxygens (including phenoxy) is 3. The molecule has 46 heavy (non-hydrogen) atoms. The Balaban J connectivity index is 2.65. The fraction of sp³-hybridized carbons (Fsp3) is 0.844. The summed E-state index contributed by atoms with van der Waals surface area (Å²) >= 11 is 0. The van der Waals surface area contributed by atoms with Crippen LogP contribution in [-0.2, 0) is 34.4 Å². The number of hydrogen-bond acceptors (Lipinski definition) is 9. The zero-order valence-corrected chi connectivity index (χ0v) is 33.8. The Hall–Kier alpha value is -1.21. The largest absolute Gasteiger partial charge is 0.464 e. The Morgan fingerprint density at radius 3 is 2.26 bits per heavy atom. The van der Waals surface area contributed by atoms with Crippen molar-refractivity contribution in [3.8, 4) is 0 Å². The van der Waals surface area contributed by atoms with Crippen molar-refractivity contribution in [1.29, 1.82) is 0 Å². The van der Waals surface area contributed by atoms with E-state index in [2.05, 4.69) is 103 Å². The minimum Gasteiger partial charge on any atom is -0.464 e. The molecular formula is C32H61N4O7PSi2. The lowest BCUT2D eigenvalue weighted by Crippen LogP contribution is -2.49. The molecule has 0 bridgehead atoms. The third kappa shape index (κ3) is 11.2. The van der Waals surface area contributed by atoms with Gasteiger partial charge in [-0.1, -0.05) is 47.3 Å². The van der Waals surface area contributed by atoms with Gasteiger partial charge in [0.05, 0.1) is 18.9 Å². The lowest BCUT2D eigenvalue weighted by Gasteiger charge is -2.42. The summed E-state index contributed by atoms with van der Waals surface area (Å²) in [6, 6.07) is 3.04. The molecular weight excluding hydrogens is 640 g/mol. The van der Waals surface area contributed by atoms with Crippen molar-refractivity contribution in [3.63, 3.8) is 0 Å². The minimum absolute atomic E-state index is 0.0808. The molecule has 0 aromatic carbocycles. The van der Waals surface area contributed by atoms with Gasteiger partial charge in [0.1, 0.15) is 31.6 Å². The number of rotatable bonds is 18. The van der Waals surface area contributed by atoms with Gasteiger partial charge in [-0.15, -0.1) is 0 Å². The van der Waals surface area contributed by atoms with Crippen molar-refractivity contribution in [1.82, 2.24) is 14.5 Å². The first-order valence-electron chi connectivity index (χ1n) is 16.6. The zero-order chi connectivity index (χ0) is 35.0. The van der Waals surface area contributed by atoms with Gasteiger partial charge >= 0.3 is 5.97 Å². The van der Waals surface area contributed by atoms with Gasteiger partial charge in [-0.2, -0.15) is 5.10 Å². The van der Waals surface area contributed by atoms with Crippen LogP contribution < -0.4 is 0 Å². The summed E-state index contributed by atoms with van der Waals surface area (Å²) in [5.41, 5.74) is 0.874. The number of esters is 1. The van der Waals surface area contributed by atoms with E-state index in [1.54, 1.807) is 10.7 Å². The topological polar surface area (TPSA) is 97.9 Å². The quantitative estimate of drug-likeness (QED) is 0.0498. The van der Waals surface area contributed by atoms with Crippen LogP contribution in [0, 0.1) is 6.57 Å². The van der Waals surface area contributed by atoms with Crippen molar-refractivity contribution >= 4 is 30.9 Å². The Morgan fingerprint density at radius 1 is 1.13 bits per heavy atom. The van der Waals surface area contributed by atoms with Gasteiger partial charge in [0.2, 0.25) is 6.54 Å². The lowest BCUT2D eigenvalue weighted by atomic mass is 10.0. The minimum atomic E-state index is -2.37. The summed E-state index contributed by atoms with van der Waals surface area (Å²) in [6.07, 6.45) is -1.20. The van der Waals surface area contributed by atoms with Crippen LogP contribution >= 0.6 is 8.53 Å². The molecule has 5 atom stereocenters. The van der Waals surface area contributed by atoms with Crippen LogP contribution in [0.1, 0.15) is 84.1 Å². The summed E-state index contributed by atoms with van der Waals surface area (Å²) < 4.78 is 42.5. The molecule has 1 aliphatic rings. The molecule has 1 aliphatic heterocycles. The first-order chi connectivity index (χ1) is 21.3. The summed E-state index contributed by atoms with van der Waals surface area (Å²) in [4.78, 5) is 16.2. The van der Waals surface area contributed by atoms with Crippen LogP contribution in [0.4, 0.5) is 0 Å². The van der Waals surface area contributed by atoms with E-state index in [0.29, 0.717) is 18.7 Å². The van der Waals surface area contributed by atoms with E-state index in [-0.39, 0.29) is 48.8 Å². The SMILES string of the molecule is [C-]#[N+]CCOP(O[C@H]1[C@@H](O[Si](C)(C)C(C)(C)C)[C@H](c2cc(C(=O)OC)nn2COCC[Si](C)(C)C)O[C@@H]1CC)N(C(C)C)C(C)C. The summed E-state index contributed by atoms with van der Waals surface area (Å²) in [5, 5.41) is 4.53. The van der Waals surface area contributed by atoms with E-state index >= 15 is 0 Å². The lowest BCUT2D eigenvalue weighted by molar-refractivity contribution is -0.00320. The van der Waals surface area contributed by atoms with E-state index in [1.807, 2.05) is 0 Å². The van der Waals surface area contributed by atoms with E-state index in [1.165, 1.54) is 7.11 Å². The van der Waals surface area contributed by atoms with Gasteiger partial charge in [-0.25, -0.2) is 20.7 Å². The molecule has 0 saturated carbocycles. The third-order valence-electron chi connectivity index (χ3n) is 8.52. The molecule has 0 N–H and O–H groups in total. The number of methoxy groups -OCH3 is 1. The number of aromatic nitrogens is 2. The Kier molecular flexibility index (Phi) is 15.5. The highest BCUT2D eigenvalue weighted by molar-refractivity contribution is 7.44. The number of carbonyl (C=O) groups is 1. The first kappa shape index (κ1) is 41.0. The third-order valence-corrected chi connectivity index (χ3v) is 16.8. The van der Waals surface area contributed by atoms with Crippen LogP contribution in [0.3, 0.4) is 0 Å². The second kappa shape index (κ2) is 17.4. The summed E-state index contributed by atoms with van der Waals surface area (Å²) in [7, 11) is -3.87. The average Bonchev–Trinajstić information content (AvgIpc) is 3.50. The number of carbonyl (C=O) groups excluding carboxylic acids is 1. The molecule has 0 aliphatic carbocycles. The van der Waals surface area contributed by atoms with Crippen LogP contribution in [-0.4, -0.2) is 94.1 Å². The maximum atomic E-state index is 12.7. The molecule has 1 aromatic heterocycles. The fourth-order valence-electron chi connectivity index (χ4n) is 4.96. The number of hydrogen-bond donors (Lipinski definition) is 0. The molecule has 264 valence electrons. The predicted molar refractivity (Wildman–Crippen MR) is 189 cm³/mol. The van der Waals surface area contributed by atoms with Crippen LogP contribution in [0.25, 0.3) is 4.85 Å². The highest BCUT2D eigenvalue weighted by Gasteiger charge is 2.53. The molecule has 11 nitrogen and oxygen atoms in total. The smallest absolute Gasteiger partial charge is 0.358 e. The standard InChI is InChI=1S/C32H61N4O7PSi2/c1-16-27-29(42-44(40-18-17-33-9)36(23(2)3)24(4)5)30(43-46(14,15)32(6,7)8)28(41-27)26-21-25(31(37)38-10)34-35(26)22-39-19-20-45(11,12)13/h21,23-24,27-30H,16-20,22H2,1-8,10-15H3/t27-,28+,29-,30+,44?/m1/s1. The maximum Gasteiger partial charge on any atom is 0.358 e. The van der Waals surface area contributed by atoms with Gasteiger partial charge in [0.25, 0.3) is 8.53 Å². The zero-order valence-electron chi connectivity index (χ0n) is 30.9. The van der Waals surface area contributed by atoms with Crippen LogP contribution in [0.5, 0.6) is 0 Å². The van der Waals surface area contributed by atoms with E-state index in [0.717, 1.165) is 6.04 Å². The summed E-state index contributed by atoms with van der Waals surface area (Å²) in [6.45, 7) is 37.2. The molecule has 0 spiro atoms. The fourth-order valence-corrected chi connectivity index (χ4v) is 8.77. The van der Waals surface area contributed by atoms with Gasteiger partial charge in [-0.05, 0) is 64.4 Å². The molecule has 0 amide bonds. The van der Waals surface area contributed by atoms with Crippen molar-refractivity contribution in [2.75, 3.05) is 26.9 Å². The normalized spacial score (nSPS) is 21.7. The van der Waals surface area contributed by atoms with E-state index in [9.17, 15) is 4.79 Å². The highest BCUT2D eigenvalue weighted by Crippen LogP contribution is 2.52. The molecule has 1 aromatic rings. The number of nitrogens with zero attached hydrogens (tertiary/aromatic N) is 4. The average molecular weight is 701 g/mol. The highest BCUT2D eigenvalue weighted by atomic mass is 31.2. The Morgan fingerprint density at radius 2 is 1.76 bits per heavy atom. The van der Waals surface area contributed by atoms with Crippen molar-refractivity contribution < 1.29 is 32.5 Å². The molecule has 2 heterocycles. The summed E-state index contributed by atoms with van der Waals surface area (Å²) in [5.74, 6) is -0.525. The molecule has 1 fully saturated rings. The second-order valence-corrected chi connectivity index (χ2v) is 27.0. The molecule has 0 radical (unpaired) electrons. The molecule has 14 heteroatoms. The van der Waals surface area contributed by atoms with Gasteiger partial charge in [0, 0.05) is 26.8 Å². The molecule has 1 unspecified atom stereocenters. The van der Waals surface area contributed by atoms with E-state index in [4.69, 9.17) is 34.3 Å². The first-order valence-corrected chi connectivity index (χ1v) is 24.3. The van der Waals surface area contributed by atoms with Gasteiger partial charge in [-0.3, -0.25) is 0 Å². The van der Waals surface area contributed by atoms with Crippen LogP contribution in [0.15, 0.2) is 6.07 Å². The second-order valence-electron chi connectivity index (χ2n) is 15.2. The van der Waals surface area contributed by atoms with Gasteiger partial charge < -0.3 is 32.5 Å². The van der Waals surface area contributed by atoms with Gasteiger partial charge in [0.15, 0.2) is 14.0 Å². The van der Waals surface area contributed by atoms with E-state index < -0.39 is 49.2 Å². The van der Waals surface area contributed by atoms with Crippen molar-refractivity contribution in [3.05, 3.63) is 28.9 Å². The molecule has 2 rings (SSSR count).